The van der Waals surface area contributed by atoms with Gasteiger partial charge in [-0.3, -0.25) is 4.79 Å². The summed E-state index contributed by atoms with van der Waals surface area (Å²) in [6, 6.07) is 10.6. The van der Waals surface area contributed by atoms with E-state index in [0.29, 0.717) is 5.69 Å². The molecular weight excluding hydrogens is 471 g/mol. The lowest BCUT2D eigenvalue weighted by Crippen LogP contribution is -2.41. The first-order valence-electron chi connectivity index (χ1n) is 9.36. The van der Waals surface area contributed by atoms with Gasteiger partial charge < -0.3 is 10.1 Å². The Labute approximate surface area is 187 Å². The molecule has 32 heavy (non-hydrogen) atoms. The van der Waals surface area contributed by atoms with E-state index in [1.165, 1.54) is 18.2 Å². The van der Waals surface area contributed by atoms with Gasteiger partial charge in [0, 0.05) is 30.8 Å². The zero-order chi connectivity index (χ0) is 23.5. The summed E-state index contributed by atoms with van der Waals surface area (Å²) in [5, 5.41) is 12.0. The van der Waals surface area contributed by atoms with Crippen LogP contribution in [0.4, 0.5) is 18.9 Å². The molecule has 7 nitrogen and oxygen atoms in total. The molecule has 1 fully saturated rings. The third-order valence-corrected chi connectivity index (χ3v) is 7.08. The Morgan fingerprint density at radius 3 is 2.50 bits per heavy atom. The average Bonchev–Trinajstić information content (AvgIpc) is 2.74. The lowest BCUT2D eigenvalue weighted by molar-refractivity contribution is -0.274. The molecule has 0 spiro atoms. The van der Waals surface area contributed by atoms with Crippen LogP contribution in [-0.4, -0.2) is 38.1 Å². The van der Waals surface area contributed by atoms with Crippen molar-refractivity contribution in [2.45, 2.75) is 24.1 Å². The maximum absolute atomic E-state index is 12.8. The van der Waals surface area contributed by atoms with E-state index in [2.05, 4.69) is 10.1 Å². The van der Waals surface area contributed by atoms with Crippen molar-refractivity contribution in [2.24, 2.45) is 5.92 Å². The summed E-state index contributed by atoms with van der Waals surface area (Å²) in [5.74, 6) is -1.43. The zero-order valence-electron chi connectivity index (χ0n) is 16.4. The standard InChI is InChI=1S/C20H17ClF3N3O4S/c21-18-5-4-15(10-14(18)12-25)26-19(28)13-6-8-27(9-7-13)32(29,30)17-3-1-2-16(11-17)31-20(22,23)24/h1-5,10-11,13H,6-9H2,(H,26,28). The highest BCUT2D eigenvalue weighted by Crippen LogP contribution is 2.29. The monoisotopic (exact) mass is 487 g/mol. The number of anilines is 1. The zero-order valence-corrected chi connectivity index (χ0v) is 18.0. The molecule has 0 aromatic heterocycles. The average molecular weight is 488 g/mol. The van der Waals surface area contributed by atoms with Crippen molar-refractivity contribution >= 4 is 33.2 Å². The SMILES string of the molecule is N#Cc1cc(NC(=O)C2CCN(S(=O)(=O)c3cccc(OC(F)(F)F)c3)CC2)ccc1Cl. The van der Waals surface area contributed by atoms with E-state index in [4.69, 9.17) is 16.9 Å². The first-order valence-corrected chi connectivity index (χ1v) is 11.2. The van der Waals surface area contributed by atoms with Crippen LogP contribution in [0.5, 0.6) is 5.75 Å². The fraction of sp³-hybridized carbons (Fsp3) is 0.300. The third-order valence-electron chi connectivity index (χ3n) is 4.86. The summed E-state index contributed by atoms with van der Waals surface area (Å²) < 4.78 is 67.8. The first kappa shape index (κ1) is 23.8. The van der Waals surface area contributed by atoms with E-state index in [1.54, 1.807) is 6.07 Å². The van der Waals surface area contributed by atoms with Crippen molar-refractivity contribution in [3.63, 3.8) is 0 Å². The number of benzene rings is 2. The van der Waals surface area contributed by atoms with E-state index in [1.807, 2.05) is 6.07 Å². The number of halogens is 4. The van der Waals surface area contributed by atoms with Gasteiger partial charge in [-0.2, -0.15) is 9.57 Å². The van der Waals surface area contributed by atoms with Crippen LogP contribution in [0.1, 0.15) is 18.4 Å². The van der Waals surface area contributed by atoms with E-state index in [9.17, 15) is 26.4 Å². The molecule has 1 aliphatic rings. The number of nitrogens with one attached hydrogen (secondary N) is 1. The fourth-order valence-electron chi connectivity index (χ4n) is 3.27. The second kappa shape index (κ2) is 9.36. The molecule has 1 N–H and O–H groups in total. The number of amides is 1. The van der Waals surface area contributed by atoms with Crippen LogP contribution in [0.2, 0.25) is 5.02 Å². The lowest BCUT2D eigenvalue weighted by Gasteiger charge is -2.30. The Kier molecular flexibility index (Phi) is 6.97. The number of piperidine rings is 1. The summed E-state index contributed by atoms with van der Waals surface area (Å²) in [4.78, 5) is 12.2. The van der Waals surface area contributed by atoms with Gasteiger partial charge in [0.05, 0.1) is 15.5 Å². The van der Waals surface area contributed by atoms with Crippen molar-refractivity contribution in [3.8, 4) is 11.8 Å². The third kappa shape index (κ3) is 5.70. The number of nitriles is 1. The topological polar surface area (TPSA) is 99.5 Å². The Hall–Kier alpha value is -2.81. The highest BCUT2D eigenvalue weighted by Gasteiger charge is 2.34. The number of carbonyl (C=O) groups excluding carboxylic acids is 1. The minimum absolute atomic E-state index is 0.0227. The van der Waals surface area contributed by atoms with E-state index >= 15 is 0 Å². The molecule has 1 saturated heterocycles. The van der Waals surface area contributed by atoms with Crippen molar-refractivity contribution < 1.29 is 31.1 Å². The molecule has 2 aromatic rings. The largest absolute Gasteiger partial charge is 0.573 e. The molecule has 0 aliphatic carbocycles. The summed E-state index contributed by atoms with van der Waals surface area (Å²) in [6.07, 6.45) is -4.49. The second-order valence-electron chi connectivity index (χ2n) is 7.00. The number of hydrogen-bond donors (Lipinski definition) is 1. The van der Waals surface area contributed by atoms with Crippen molar-refractivity contribution in [2.75, 3.05) is 18.4 Å². The Morgan fingerprint density at radius 2 is 1.88 bits per heavy atom. The van der Waals surface area contributed by atoms with E-state index < -0.39 is 28.1 Å². The van der Waals surface area contributed by atoms with Gasteiger partial charge >= 0.3 is 6.36 Å². The van der Waals surface area contributed by atoms with Crippen LogP contribution in [-0.2, 0) is 14.8 Å². The van der Waals surface area contributed by atoms with Crippen molar-refractivity contribution in [1.82, 2.24) is 4.31 Å². The summed E-state index contributed by atoms with van der Waals surface area (Å²) in [6.45, 7) is 0.0453. The van der Waals surface area contributed by atoms with Crippen LogP contribution in [0.3, 0.4) is 0 Å². The molecule has 170 valence electrons. The molecule has 2 aromatic carbocycles. The van der Waals surface area contributed by atoms with Crippen molar-refractivity contribution in [1.29, 1.82) is 5.26 Å². The van der Waals surface area contributed by atoms with Gasteiger partial charge in [0.25, 0.3) is 0 Å². The number of sulfonamides is 1. The quantitative estimate of drug-likeness (QED) is 0.683. The molecule has 0 saturated carbocycles. The van der Waals surface area contributed by atoms with E-state index in [-0.39, 0.29) is 47.3 Å². The van der Waals surface area contributed by atoms with Gasteiger partial charge in [-0.15, -0.1) is 13.2 Å². The summed E-state index contributed by atoms with van der Waals surface area (Å²) in [5.41, 5.74) is 0.606. The molecule has 1 amide bonds. The first-order chi connectivity index (χ1) is 15.0. The van der Waals surface area contributed by atoms with Gasteiger partial charge in [0.2, 0.25) is 15.9 Å². The molecule has 3 rings (SSSR count). The smallest absolute Gasteiger partial charge is 0.406 e. The predicted molar refractivity (Wildman–Crippen MR) is 109 cm³/mol. The number of hydrogen-bond acceptors (Lipinski definition) is 5. The highest BCUT2D eigenvalue weighted by atomic mass is 35.5. The molecule has 1 aliphatic heterocycles. The normalized spacial score (nSPS) is 15.7. The Bertz CT molecular complexity index is 1160. The minimum Gasteiger partial charge on any atom is -0.406 e. The molecule has 0 radical (unpaired) electrons. The fourth-order valence-corrected chi connectivity index (χ4v) is 4.94. The maximum Gasteiger partial charge on any atom is 0.573 e. The second-order valence-corrected chi connectivity index (χ2v) is 9.34. The van der Waals surface area contributed by atoms with Gasteiger partial charge in [-0.1, -0.05) is 17.7 Å². The molecule has 1 heterocycles. The van der Waals surface area contributed by atoms with Gasteiger partial charge in [0.15, 0.2) is 0 Å². The number of ether oxygens (including phenoxy) is 1. The number of rotatable bonds is 5. The van der Waals surface area contributed by atoms with Crippen LogP contribution < -0.4 is 10.1 Å². The Balaban J connectivity index is 1.64. The van der Waals surface area contributed by atoms with E-state index in [0.717, 1.165) is 22.5 Å². The molecular formula is C20H17ClF3N3O4S. The van der Waals surface area contributed by atoms with Gasteiger partial charge in [0.1, 0.15) is 11.8 Å². The van der Waals surface area contributed by atoms with Crippen LogP contribution >= 0.6 is 11.6 Å². The van der Waals surface area contributed by atoms with Gasteiger partial charge in [-0.25, -0.2) is 8.42 Å². The molecule has 0 atom stereocenters. The predicted octanol–water partition coefficient (Wildman–Crippen LogP) is 4.15. The number of carbonyl (C=O) groups is 1. The molecule has 12 heteroatoms. The Morgan fingerprint density at radius 1 is 1.19 bits per heavy atom. The maximum atomic E-state index is 12.8. The van der Waals surface area contributed by atoms with Crippen LogP contribution in [0, 0.1) is 17.2 Å². The number of nitrogens with zero attached hydrogens (tertiary/aromatic N) is 2. The summed E-state index contributed by atoms with van der Waals surface area (Å²) >= 11 is 5.87. The van der Waals surface area contributed by atoms with Crippen LogP contribution in [0.15, 0.2) is 47.4 Å². The van der Waals surface area contributed by atoms with Gasteiger partial charge in [-0.05, 0) is 43.2 Å². The number of alkyl halides is 3. The molecule has 0 unspecified atom stereocenters. The summed E-state index contributed by atoms with van der Waals surface area (Å²) in [7, 11) is -4.06. The minimum atomic E-state index is -4.94. The lowest BCUT2D eigenvalue weighted by atomic mass is 9.97. The molecule has 0 bridgehead atoms. The highest BCUT2D eigenvalue weighted by molar-refractivity contribution is 7.89. The van der Waals surface area contributed by atoms with Crippen molar-refractivity contribution in [3.05, 3.63) is 53.1 Å². The van der Waals surface area contributed by atoms with Crippen LogP contribution in [0.25, 0.3) is 0 Å².